The first kappa shape index (κ1) is 13.1. The maximum atomic E-state index is 12.1. The standard InChI is InChI=1S/C17H15NO4/c1-9-6-14(22-17(9)20)21-8-13-12-7-10-4-2-3-5-11(10)15(12)18-16(13)19/h2-6,8,12,14-15H,7H2,1H3,(H,18,19)/b13-8+. The van der Waals surface area contributed by atoms with Crippen molar-refractivity contribution in [3.05, 3.63) is 58.9 Å². The number of ether oxygens (including phenoxy) is 2. The third-order valence-corrected chi connectivity index (χ3v) is 4.44. The number of hydrogen-bond donors (Lipinski definition) is 1. The van der Waals surface area contributed by atoms with Gasteiger partial charge in [0.1, 0.15) is 0 Å². The first-order chi connectivity index (χ1) is 10.6. The van der Waals surface area contributed by atoms with E-state index < -0.39 is 6.29 Å². The Morgan fingerprint density at radius 3 is 2.91 bits per heavy atom. The van der Waals surface area contributed by atoms with E-state index in [1.807, 2.05) is 12.1 Å². The van der Waals surface area contributed by atoms with Gasteiger partial charge in [-0.1, -0.05) is 24.3 Å². The summed E-state index contributed by atoms with van der Waals surface area (Å²) in [6.45, 7) is 1.67. The molecule has 0 saturated carbocycles. The second-order valence-electron chi connectivity index (χ2n) is 5.79. The molecule has 112 valence electrons. The Morgan fingerprint density at radius 1 is 1.32 bits per heavy atom. The van der Waals surface area contributed by atoms with Crippen LogP contribution in [0.5, 0.6) is 0 Å². The van der Waals surface area contributed by atoms with Crippen molar-refractivity contribution in [3.8, 4) is 0 Å². The lowest BCUT2D eigenvalue weighted by Crippen LogP contribution is -2.19. The molecule has 1 aliphatic carbocycles. The van der Waals surface area contributed by atoms with Gasteiger partial charge in [-0.25, -0.2) is 4.79 Å². The highest BCUT2D eigenvalue weighted by atomic mass is 16.7. The van der Waals surface area contributed by atoms with E-state index in [9.17, 15) is 9.59 Å². The van der Waals surface area contributed by atoms with Gasteiger partial charge < -0.3 is 14.8 Å². The summed E-state index contributed by atoms with van der Waals surface area (Å²) >= 11 is 0. The summed E-state index contributed by atoms with van der Waals surface area (Å²) in [6, 6.07) is 8.14. The molecule has 2 heterocycles. The van der Waals surface area contributed by atoms with Crippen LogP contribution < -0.4 is 5.32 Å². The molecular weight excluding hydrogens is 282 g/mol. The summed E-state index contributed by atoms with van der Waals surface area (Å²) < 4.78 is 10.5. The molecule has 22 heavy (non-hydrogen) atoms. The predicted molar refractivity (Wildman–Crippen MR) is 77.3 cm³/mol. The van der Waals surface area contributed by atoms with Gasteiger partial charge >= 0.3 is 5.97 Å². The molecule has 3 atom stereocenters. The highest BCUT2D eigenvalue weighted by Crippen LogP contribution is 2.44. The Hall–Kier alpha value is -2.56. The van der Waals surface area contributed by atoms with Crippen LogP contribution in [0.1, 0.15) is 24.1 Å². The average Bonchev–Trinajstić information content (AvgIpc) is 3.10. The van der Waals surface area contributed by atoms with Crippen molar-refractivity contribution in [1.29, 1.82) is 0 Å². The fraction of sp³-hybridized carbons (Fsp3) is 0.294. The average molecular weight is 297 g/mol. The van der Waals surface area contributed by atoms with Crippen LogP contribution in [0, 0.1) is 5.92 Å². The number of amides is 1. The van der Waals surface area contributed by atoms with E-state index in [1.165, 1.54) is 17.4 Å². The zero-order chi connectivity index (χ0) is 15.3. The van der Waals surface area contributed by atoms with E-state index in [2.05, 4.69) is 17.4 Å². The molecule has 0 aromatic heterocycles. The molecule has 0 bridgehead atoms. The predicted octanol–water partition coefficient (Wildman–Crippen LogP) is 1.76. The lowest BCUT2D eigenvalue weighted by atomic mass is 9.97. The number of esters is 1. The van der Waals surface area contributed by atoms with Gasteiger partial charge in [-0.3, -0.25) is 4.79 Å². The van der Waals surface area contributed by atoms with Crippen LogP contribution in [0.4, 0.5) is 0 Å². The van der Waals surface area contributed by atoms with E-state index in [1.54, 1.807) is 13.0 Å². The monoisotopic (exact) mass is 297 g/mol. The van der Waals surface area contributed by atoms with Crippen molar-refractivity contribution in [2.75, 3.05) is 0 Å². The third kappa shape index (κ3) is 1.93. The SMILES string of the molecule is CC1=CC(O/C=C2/C(=O)NC3c4ccccc4CC23)OC1=O. The smallest absolute Gasteiger partial charge is 0.336 e. The van der Waals surface area contributed by atoms with Crippen LogP contribution in [-0.4, -0.2) is 18.2 Å². The molecule has 2 aliphatic heterocycles. The minimum atomic E-state index is -0.740. The summed E-state index contributed by atoms with van der Waals surface area (Å²) in [5, 5.41) is 3.00. The highest BCUT2D eigenvalue weighted by molar-refractivity contribution is 5.97. The number of rotatable bonds is 2. The minimum Gasteiger partial charge on any atom is -0.458 e. The zero-order valence-electron chi connectivity index (χ0n) is 12.0. The fourth-order valence-electron chi connectivity index (χ4n) is 3.31. The van der Waals surface area contributed by atoms with E-state index in [0.29, 0.717) is 11.1 Å². The lowest BCUT2D eigenvalue weighted by molar-refractivity contribution is -0.152. The van der Waals surface area contributed by atoms with Crippen LogP contribution in [0.15, 0.2) is 47.7 Å². The molecule has 5 heteroatoms. The number of hydrogen-bond acceptors (Lipinski definition) is 4. The molecule has 1 N–H and O–H groups in total. The number of benzene rings is 1. The number of fused-ring (bicyclic) bond motifs is 3. The summed E-state index contributed by atoms with van der Waals surface area (Å²) in [6.07, 6.45) is 3.12. The quantitative estimate of drug-likeness (QED) is 0.513. The second-order valence-corrected chi connectivity index (χ2v) is 5.79. The second kappa shape index (κ2) is 4.73. The molecule has 1 saturated heterocycles. The van der Waals surface area contributed by atoms with Gasteiger partial charge in [-0.2, -0.15) is 0 Å². The molecule has 0 spiro atoms. The van der Waals surface area contributed by atoms with E-state index in [4.69, 9.17) is 9.47 Å². The van der Waals surface area contributed by atoms with Crippen LogP contribution in [0.25, 0.3) is 0 Å². The van der Waals surface area contributed by atoms with Gasteiger partial charge in [0.2, 0.25) is 0 Å². The molecular formula is C17H15NO4. The van der Waals surface area contributed by atoms with Gasteiger partial charge in [0, 0.05) is 17.6 Å². The molecule has 1 aromatic carbocycles. The first-order valence-electron chi connectivity index (χ1n) is 7.27. The molecule has 1 aromatic rings. The van der Waals surface area contributed by atoms with Gasteiger partial charge in [0.25, 0.3) is 12.2 Å². The maximum Gasteiger partial charge on any atom is 0.336 e. The Balaban J connectivity index is 1.55. The van der Waals surface area contributed by atoms with Crippen molar-refractivity contribution in [2.45, 2.75) is 25.7 Å². The molecule has 0 radical (unpaired) electrons. The minimum absolute atomic E-state index is 0.0157. The number of carbonyl (C=O) groups is 2. The van der Waals surface area contributed by atoms with Crippen molar-refractivity contribution >= 4 is 11.9 Å². The van der Waals surface area contributed by atoms with Crippen LogP contribution >= 0.6 is 0 Å². The molecule has 3 aliphatic rings. The zero-order valence-corrected chi connectivity index (χ0v) is 12.0. The molecule has 1 fully saturated rings. The summed E-state index contributed by atoms with van der Waals surface area (Å²) in [5.74, 6) is -0.424. The molecule has 4 rings (SSSR count). The van der Waals surface area contributed by atoms with Gasteiger partial charge in [-0.15, -0.1) is 0 Å². The number of nitrogens with one attached hydrogen (secondary N) is 1. The van der Waals surface area contributed by atoms with Crippen LogP contribution in [0.2, 0.25) is 0 Å². The third-order valence-electron chi connectivity index (χ3n) is 4.44. The van der Waals surface area contributed by atoms with Crippen molar-refractivity contribution in [1.82, 2.24) is 5.32 Å². The van der Waals surface area contributed by atoms with Gasteiger partial charge in [0.05, 0.1) is 17.9 Å². The summed E-state index contributed by atoms with van der Waals surface area (Å²) in [5.41, 5.74) is 3.55. The Bertz CT molecular complexity index is 734. The normalized spacial score (nSPS) is 30.7. The number of cyclic esters (lactones) is 1. The lowest BCUT2D eigenvalue weighted by Gasteiger charge is -2.11. The maximum absolute atomic E-state index is 12.1. The van der Waals surface area contributed by atoms with Crippen LogP contribution in [-0.2, 0) is 25.5 Å². The Kier molecular flexibility index (Phi) is 2.82. The van der Waals surface area contributed by atoms with Crippen LogP contribution in [0.3, 0.4) is 0 Å². The fourth-order valence-corrected chi connectivity index (χ4v) is 3.31. The van der Waals surface area contributed by atoms with E-state index >= 15 is 0 Å². The van der Waals surface area contributed by atoms with E-state index in [-0.39, 0.29) is 23.8 Å². The van der Waals surface area contributed by atoms with Gasteiger partial charge in [-0.05, 0) is 24.5 Å². The van der Waals surface area contributed by atoms with E-state index in [0.717, 1.165) is 6.42 Å². The summed E-state index contributed by atoms with van der Waals surface area (Å²) in [4.78, 5) is 23.5. The Labute approximate surface area is 127 Å². The molecule has 1 amide bonds. The van der Waals surface area contributed by atoms with Crippen molar-refractivity contribution in [3.63, 3.8) is 0 Å². The Morgan fingerprint density at radius 2 is 2.14 bits per heavy atom. The van der Waals surface area contributed by atoms with Gasteiger partial charge in [0.15, 0.2) is 0 Å². The first-order valence-corrected chi connectivity index (χ1v) is 7.27. The van der Waals surface area contributed by atoms with Crippen molar-refractivity contribution in [2.24, 2.45) is 5.92 Å². The van der Waals surface area contributed by atoms with Crippen molar-refractivity contribution < 1.29 is 19.1 Å². The topological polar surface area (TPSA) is 64.6 Å². The summed E-state index contributed by atoms with van der Waals surface area (Å²) in [7, 11) is 0. The number of carbonyl (C=O) groups excluding carboxylic acids is 2. The largest absolute Gasteiger partial charge is 0.458 e. The molecule has 3 unspecified atom stereocenters. The molecule has 5 nitrogen and oxygen atoms in total. The highest BCUT2D eigenvalue weighted by Gasteiger charge is 2.44.